The van der Waals surface area contributed by atoms with Gasteiger partial charge in [0.15, 0.2) is 0 Å². The van der Waals surface area contributed by atoms with Crippen molar-refractivity contribution < 1.29 is 0 Å². The highest BCUT2D eigenvalue weighted by atomic mass is 14.7. The van der Waals surface area contributed by atoms with Crippen LogP contribution in [0.4, 0.5) is 0 Å². The second kappa shape index (κ2) is 13.5. The number of aliphatic imine (C=N–C) groups is 1. The van der Waals surface area contributed by atoms with Gasteiger partial charge in [-0.1, -0.05) is 97.4 Å². The van der Waals surface area contributed by atoms with Crippen LogP contribution in [0, 0.1) is 5.41 Å². The van der Waals surface area contributed by atoms with Gasteiger partial charge in [-0.05, 0) is 23.8 Å². The van der Waals surface area contributed by atoms with E-state index in [0.29, 0.717) is 0 Å². The van der Waals surface area contributed by atoms with Crippen molar-refractivity contribution in [1.29, 1.82) is 0 Å². The fourth-order valence-electron chi connectivity index (χ4n) is 2.94. The zero-order valence-corrected chi connectivity index (χ0v) is 15.2. The Kier molecular flexibility index (Phi) is 12.9. The minimum atomic E-state index is 0.210. The van der Waals surface area contributed by atoms with E-state index in [1.54, 1.807) is 12.3 Å². The maximum absolute atomic E-state index is 4.34. The van der Waals surface area contributed by atoms with E-state index in [1.165, 1.54) is 69.8 Å². The summed E-state index contributed by atoms with van der Waals surface area (Å²) in [6.07, 6.45) is 20.5. The lowest BCUT2D eigenvalue weighted by atomic mass is 9.74. The van der Waals surface area contributed by atoms with Crippen molar-refractivity contribution in [3.8, 4) is 0 Å². The Bertz CT molecular complexity index is 337. The van der Waals surface area contributed by atoms with E-state index in [1.807, 2.05) is 12.3 Å². The van der Waals surface area contributed by atoms with Gasteiger partial charge in [-0.2, -0.15) is 0 Å². The number of hydrogen-bond acceptors (Lipinski definition) is 1. The summed E-state index contributed by atoms with van der Waals surface area (Å²) in [6.45, 7) is 14.6. The largest absolute Gasteiger partial charge is 0.264 e. The summed E-state index contributed by atoms with van der Waals surface area (Å²) in [5.41, 5.74) is 1.49. The van der Waals surface area contributed by atoms with Gasteiger partial charge in [0, 0.05) is 12.4 Å². The Morgan fingerprint density at radius 3 is 1.86 bits per heavy atom. The Morgan fingerprint density at radius 1 is 0.909 bits per heavy atom. The first-order valence-corrected chi connectivity index (χ1v) is 9.11. The highest BCUT2D eigenvalue weighted by molar-refractivity contribution is 5.70. The number of hydrogen-bond donors (Lipinski definition) is 0. The van der Waals surface area contributed by atoms with Crippen LogP contribution >= 0.6 is 0 Å². The highest BCUT2D eigenvalue weighted by Crippen LogP contribution is 2.39. The van der Waals surface area contributed by atoms with Crippen molar-refractivity contribution in [2.75, 3.05) is 0 Å². The van der Waals surface area contributed by atoms with Crippen molar-refractivity contribution in [2.45, 2.75) is 85.0 Å². The SMILES string of the molecule is C=CC=N/C=C(\C=C)C(C)(CCCCCC)CCCCCC. The third kappa shape index (κ3) is 9.02. The molecule has 0 spiro atoms. The zero-order chi connectivity index (χ0) is 16.7. The molecule has 0 aromatic heterocycles. The molecule has 0 saturated heterocycles. The zero-order valence-electron chi connectivity index (χ0n) is 15.2. The maximum Gasteiger partial charge on any atom is 0.0305 e. The summed E-state index contributed by atoms with van der Waals surface area (Å²) in [4.78, 5) is 4.34. The summed E-state index contributed by atoms with van der Waals surface area (Å²) >= 11 is 0. The average molecular weight is 304 g/mol. The van der Waals surface area contributed by atoms with Gasteiger partial charge in [0.25, 0.3) is 0 Å². The van der Waals surface area contributed by atoms with Crippen molar-refractivity contribution in [3.05, 3.63) is 37.1 Å². The van der Waals surface area contributed by atoms with E-state index in [-0.39, 0.29) is 5.41 Å². The Hall–Kier alpha value is -1.11. The summed E-state index contributed by atoms with van der Waals surface area (Å²) in [5, 5.41) is 0. The second-order valence-corrected chi connectivity index (χ2v) is 6.50. The van der Waals surface area contributed by atoms with Gasteiger partial charge in [-0.3, -0.25) is 4.99 Å². The monoisotopic (exact) mass is 303 g/mol. The van der Waals surface area contributed by atoms with Crippen LogP contribution in [0.3, 0.4) is 0 Å². The molecular formula is C21H37N. The van der Waals surface area contributed by atoms with E-state index < -0.39 is 0 Å². The van der Waals surface area contributed by atoms with Crippen LogP contribution in [-0.2, 0) is 0 Å². The molecule has 0 fully saturated rings. The van der Waals surface area contributed by atoms with Gasteiger partial charge in [0.1, 0.15) is 0 Å². The fraction of sp³-hybridized carbons (Fsp3) is 0.667. The molecule has 1 nitrogen and oxygen atoms in total. The molecule has 0 aliphatic rings. The van der Waals surface area contributed by atoms with E-state index in [0.717, 1.165) is 0 Å². The van der Waals surface area contributed by atoms with Crippen LogP contribution in [0.15, 0.2) is 42.1 Å². The molecule has 0 atom stereocenters. The van der Waals surface area contributed by atoms with Gasteiger partial charge in [-0.15, -0.1) is 0 Å². The van der Waals surface area contributed by atoms with E-state index in [4.69, 9.17) is 0 Å². The summed E-state index contributed by atoms with van der Waals surface area (Å²) < 4.78 is 0. The molecule has 0 heterocycles. The molecular weight excluding hydrogens is 266 g/mol. The summed E-state index contributed by atoms with van der Waals surface area (Å²) in [7, 11) is 0. The molecule has 0 amide bonds. The molecule has 0 radical (unpaired) electrons. The van der Waals surface area contributed by atoms with E-state index in [2.05, 4.69) is 38.9 Å². The van der Waals surface area contributed by atoms with Crippen LogP contribution in [0.5, 0.6) is 0 Å². The first-order valence-electron chi connectivity index (χ1n) is 9.11. The number of unbranched alkanes of at least 4 members (excludes halogenated alkanes) is 6. The van der Waals surface area contributed by atoms with Crippen molar-refractivity contribution >= 4 is 6.21 Å². The summed E-state index contributed by atoms with van der Waals surface area (Å²) in [5.74, 6) is 0. The molecule has 0 aliphatic heterocycles. The quantitative estimate of drug-likeness (QED) is 0.182. The molecule has 0 rings (SSSR count). The minimum Gasteiger partial charge on any atom is -0.264 e. The van der Waals surface area contributed by atoms with Crippen LogP contribution < -0.4 is 0 Å². The molecule has 22 heavy (non-hydrogen) atoms. The topological polar surface area (TPSA) is 12.4 Å². The van der Waals surface area contributed by atoms with Gasteiger partial charge < -0.3 is 0 Å². The smallest absolute Gasteiger partial charge is 0.0305 e. The fourth-order valence-corrected chi connectivity index (χ4v) is 2.94. The molecule has 0 unspecified atom stereocenters. The van der Waals surface area contributed by atoms with Crippen molar-refractivity contribution in [1.82, 2.24) is 0 Å². The Morgan fingerprint density at radius 2 is 1.45 bits per heavy atom. The Balaban J connectivity index is 4.84. The third-order valence-electron chi connectivity index (χ3n) is 4.49. The van der Waals surface area contributed by atoms with Crippen LogP contribution in [-0.4, -0.2) is 6.21 Å². The van der Waals surface area contributed by atoms with Gasteiger partial charge >= 0.3 is 0 Å². The maximum atomic E-state index is 4.34. The van der Waals surface area contributed by atoms with Crippen molar-refractivity contribution in [3.63, 3.8) is 0 Å². The second-order valence-electron chi connectivity index (χ2n) is 6.50. The van der Waals surface area contributed by atoms with Gasteiger partial charge in [0.2, 0.25) is 0 Å². The standard InChI is InChI=1S/C21H37N/c1-6-10-12-14-16-21(5,17-15-13-11-7-2)20(9-4)19-22-18-8-3/h8-9,18-19H,3-4,6-7,10-17H2,1-2,5H3/b20-19+,22-18?. The molecule has 0 aliphatic carbocycles. The van der Waals surface area contributed by atoms with Crippen LogP contribution in [0.25, 0.3) is 0 Å². The minimum absolute atomic E-state index is 0.210. The van der Waals surface area contributed by atoms with E-state index >= 15 is 0 Å². The van der Waals surface area contributed by atoms with Crippen LogP contribution in [0.2, 0.25) is 0 Å². The van der Waals surface area contributed by atoms with Gasteiger partial charge in [-0.25, -0.2) is 0 Å². The average Bonchev–Trinajstić information content (AvgIpc) is 2.52. The van der Waals surface area contributed by atoms with Gasteiger partial charge in [0.05, 0.1) is 0 Å². The molecule has 0 aromatic rings. The molecule has 0 aromatic carbocycles. The number of nitrogens with zero attached hydrogens (tertiary/aromatic N) is 1. The first-order chi connectivity index (χ1) is 10.6. The lowest BCUT2D eigenvalue weighted by molar-refractivity contribution is 0.313. The number of rotatable bonds is 14. The lowest BCUT2D eigenvalue weighted by Crippen LogP contribution is -2.19. The number of allylic oxidation sites excluding steroid dienone is 3. The van der Waals surface area contributed by atoms with E-state index in [9.17, 15) is 0 Å². The van der Waals surface area contributed by atoms with Crippen LogP contribution in [0.1, 0.15) is 85.0 Å². The molecule has 0 bridgehead atoms. The first kappa shape index (κ1) is 20.9. The highest BCUT2D eigenvalue weighted by Gasteiger charge is 2.26. The predicted molar refractivity (Wildman–Crippen MR) is 103 cm³/mol. The normalized spacial score (nSPS) is 12.8. The van der Waals surface area contributed by atoms with Crippen molar-refractivity contribution in [2.24, 2.45) is 10.4 Å². The molecule has 0 N–H and O–H groups in total. The Labute approximate surface area is 139 Å². The molecule has 1 heteroatoms. The predicted octanol–water partition coefficient (Wildman–Crippen LogP) is 7.26. The molecule has 126 valence electrons. The summed E-state index contributed by atoms with van der Waals surface area (Å²) in [6, 6.07) is 0. The molecule has 0 saturated carbocycles. The third-order valence-corrected chi connectivity index (χ3v) is 4.49. The lowest BCUT2D eigenvalue weighted by Gasteiger charge is -2.31.